The van der Waals surface area contributed by atoms with E-state index in [1.54, 1.807) is 32.4 Å². The number of rotatable bonds is 12. The summed E-state index contributed by atoms with van der Waals surface area (Å²) in [5.41, 5.74) is 11.5. The third kappa shape index (κ3) is 14.9. The summed E-state index contributed by atoms with van der Waals surface area (Å²) in [6.07, 6.45) is -1.01. The Hall–Kier alpha value is -9.15. The molecule has 6 aromatic heterocycles. The number of benzene rings is 4. The highest BCUT2D eigenvalue weighted by molar-refractivity contribution is 6.32. The van der Waals surface area contributed by atoms with Gasteiger partial charge in [-0.15, -0.1) is 0 Å². The van der Waals surface area contributed by atoms with Crippen LogP contribution < -0.4 is 21.7 Å². The second kappa shape index (κ2) is 25.5. The number of carbonyl (C=O) groups is 2. The summed E-state index contributed by atoms with van der Waals surface area (Å²) >= 11 is 5.70. The van der Waals surface area contributed by atoms with Gasteiger partial charge in [0.15, 0.2) is 11.3 Å². The number of halogens is 9. The Balaban J connectivity index is 0.000000190. The van der Waals surface area contributed by atoms with Crippen molar-refractivity contribution in [3.05, 3.63) is 220 Å². The molecule has 0 spiro atoms. The predicted molar refractivity (Wildman–Crippen MR) is 289 cm³/mol. The number of hydrogen-bond donors (Lipinski definition) is 6. The first kappa shape index (κ1) is 58.5. The molecule has 14 nitrogen and oxygen atoms in total. The number of fused-ring (bicyclic) bond motifs is 2. The molecule has 10 aromatic rings. The Bertz CT molecular complexity index is 3710. The molecular formula is C57H49ClF8N12O2. The highest BCUT2D eigenvalue weighted by Crippen LogP contribution is 2.33. The molecular weight excluding hydrogens is 1070 g/mol. The lowest BCUT2D eigenvalue weighted by atomic mass is 10.0. The number of amides is 2. The number of aromatic amines is 2. The standard InChI is InChI=1S/C28H22F4N6O.C15H11ClF4N2O.C13H12N4.CH4/c1-16(18-6-8-23(29)9-7-18)37-27(39)24-11-22(28(30,31)32)15-35-26(24)33-12-17-2-4-19(5-3-17)20-10-21-14-36-38-25(21)34-13-20;1-8(9-2-4-11(17)5-3-9)22-14(23)12-6-10(15(18,19)20)7-21-13(12)16;14-6-9-1-3-10(4-2-9)11-5-12-8-16-17-13(12)15-7-11;/h2-11,13-16H,12H2,1H3,(H,33,35)(H,37,39)(H,34,36,38);2-8H,1H3,(H,22,23);1-5,7-8H,6,14H2,(H,15,16,17);1H4/t16-;8-;;/m00../s1. The number of hydrogen-bond acceptors (Lipinski definition) is 10. The molecule has 80 heavy (non-hydrogen) atoms. The molecule has 23 heteroatoms. The maximum Gasteiger partial charge on any atom is 0.417 e. The third-order valence-electron chi connectivity index (χ3n) is 12.2. The van der Waals surface area contributed by atoms with Gasteiger partial charge >= 0.3 is 12.4 Å². The number of nitrogens with one attached hydrogen (secondary N) is 5. The molecule has 10 rings (SSSR count). The largest absolute Gasteiger partial charge is 0.417 e. The summed E-state index contributed by atoms with van der Waals surface area (Å²) in [6, 6.07) is 30.9. The predicted octanol–water partition coefficient (Wildman–Crippen LogP) is 13.4. The van der Waals surface area contributed by atoms with Crippen molar-refractivity contribution in [1.82, 2.24) is 51.0 Å². The normalized spacial score (nSPS) is 12.0. The van der Waals surface area contributed by atoms with Gasteiger partial charge < -0.3 is 21.7 Å². The number of nitrogens with zero attached hydrogens (tertiary/aromatic N) is 6. The highest BCUT2D eigenvalue weighted by atomic mass is 35.5. The van der Waals surface area contributed by atoms with Crippen molar-refractivity contribution in [1.29, 1.82) is 0 Å². The van der Waals surface area contributed by atoms with Gasteiger partial charge in [0.1, 0.15) is 22.6 Å². The van der Waals surface area contributed by atoms with Crippen molar-refractivity contribution in [2.24, 2.45) is 5.73 Å². The zero-order valence-corrected chi connectivity index (χ0v) is 42.3. The molecule has 0 saturated heterocycles. The van der Waals surface area contributed by atoms with Crippen LogP contribution in [0.5, 0.6) is 0 Å². The molecule has 2 atom stereocenters. The average Bonchev–Trinajstić information content (AvgIpc) is 4.14. The van der Waals surface area contributed by atoms with Gasteiger partial charge in [-0.2, -0.15) is 36.5 Å². The summed E-state index contributed by atoms with van der Waals surface area (Å²) < 4.78 is 104. The first-order valence-corrected chi connectivity index (χ1v) is 24.2. The molecule has 0 fully saturated rings. The van der Waals surface area contributed by atoms with Crippen LogP contribution in [0.1, 0.15) is 87.5 Å². The third-order valence-corrected chi connectivity index (χ3v) is 12.5. The Labute approximate surface area is 457 Å². The lowest BCUT2D eigenvalue weighted by Crippen LogP contribution is -2.28. The topological polar surface area (TPSA) is 205 Å². The molecule has 6 heterocycles. The van der Waals surface area contributed by atoms with Crippen LogP contribution in [0.3, 0.4) is 0 Å². The van der Waals surface area contributed by atoms with Crippen molar-refractivity contribution < 1.29 is 44.7 Å². The molecule has 7 N–H and O–H groups in total. The van der Waals surface area contributed by atoms with E-state index in [1.807, 2.05) is 48.7 Å². The van der Waals surface area contributed by atoms with Crippen LogP contribution in [-0.4, -0.2) is 52.1 Å². The lowest BCUT2D eigenvalue weighted by Gasteiger charge is -2.18. The second-order valence-electron chi connectivity index (χ2n) is 17.7. The SMILES string of the molecule is C.C[C@H](NC(=O)c1cc(C(F)(F)F)cnc1Cl)c1ccc(F)cc1.C[C@H](NC(=O)c1cc(C(F)(F)F)cnc1NCc1ccc(-c2cnc3[nH]ncc3c2)cc1)c1ccc(F)cc1.NCc1ccc(-c2cnc3[nH]ncc3c2)cc1. The van der Waals surface area contributed by atoms with Gasteiger partial charge in [0.2, 0.25) is 0 Å². The number of anilines is 1. The summed E-state index contributed by atoms with van der Waals surface area (Å²) in [5, 5.41) is 23.3. The second-order valence-corrected chi connectivity index (χ2v) is 18.0. The van der Waals surface area contributed by atoms with E-state index in [-0.39, 0.29) is 36.1 Å². The van der Waals surface area contributed by atoms with E-state index in [9.17, 15) is 44.7 Å². The molecule has 2 amide bonds. The van der Waals surface area contributed by atoms with Crippen LogP contribution >= 0.6 is 11.6 Å². The minimum Gasteiger partial charge on any atom is -0.365 e. The van der Waals surface area contributed by atoms with E-state index < -0.39 is 59.0 Å². The van der Waals surface area contributed by atoms with Crippen molar-refractivity contribution >= 4 is 51.3 Å². The lowest BCUT2D eigenvalue weighted by molar-refractivity contribution is -0.138. The van der Waals surface area contributed by atoms with Crippen LogP contribution in [0.15, 0.2) is 159 Å². The van der Waals surface area contributed by atoms with Gasteiger partial charge in [0.25, 0.3) is 11.8 Å². The Morgan fingerprint density at radius 3 is 1.43 bits per heavy atom. The number of carbonyl (C=O) groups excluding carboxylic acids is 2. The Morgan fingerprint density at radius 2 is 0.975 bits per heavy atom. The Morgan fingerprint density at radius 1 is 0.550 bits per heavy atom. The number of nitrogens with two attached hydrogens (primary N) is 1. The van der Waals surface area contributed by atoms with E-state index in [2.05, 4.69) is 74.5 Å². The van der Waals surface area contributed by atoms with Crippen LogP contribution in [0.2, 0.25) is 5.15 Å². The number of H-pyrrole nitrogens is 2. The highest BCUT2D eigenvalue weighted by Gasteiger charge is 2.34. The first-order valence-electron chi connectivity index (χ1n) is 23.9. The molecule has 0 radical (unpaired) electrons. The molecule has 0 aliphatic heterocycles. The number of alkyl halides is 6. The summed E-state index contributed by atoms with van der Waals surface area (Å²) in [4.78, 5) is 41.1. The quantitative estimate of drug-likeness (QED) is 0.0504. The maximum atomic E-state index is 13.4. The van der Waals surface area contributed by atoms with Crippen molar-refractivity contribution in [3.8, 4) is 22.3 Å². The smallest absolute Gasteiger partial charge is 0.365 e. The van der Waals surface area contributed by atoms with E-state index in [0.717, 1.165) is 55.9 Å². The fourth-order valence-electron chi connectivity index (χ4n) is 7.74. The molecule has 0 bridgehead atoms. The van der Waals surface area contributed by atoms with Gasteiger partial charge in [-0.05, 0) is 95.8 Å². The molecule has 0 unspecified atom stereocenters. The van der Waals surface area contributed by atoms with Gasteiger partial charge in [0, 0.05) is 59.8 Å². The molecule has 4 aromatic carbocycles. The minimum absolute atomic E-state index is 0. The summed E-state index contributed by atoms with van der Waals surface area (Å²) in [5.74, 6) is -2.41. The van der Waals surface area contributed by atoms with Gasteiger partial charge in [0.05, 0.1) is 46.7 Å². The fourth-order valence-corrected chi connectivity index (χ4v) is 7.93. The Kier molecular flexibility index (Phi) is 18.7. The van der Waals surface area contributed by atoms with E-state index >= 15 is 0 Å². The van der Waals surface area contributed by atoms with Gasteiger partial charge in [-0.25, -0.2) is 28.7 Å². The minimum atomic E-state index is -4.67. The van der Waals surface area contributed by atoms with E-state index in [4.69, 9.17) is 17.3 Å². The van der Waals surface area contributed by atoms with Crippen LogP contribution in [0, 0.1) is 11.6 Å². The van der Waals surface area contributed by atoms with Gasteiger partial charge in [-0.1, -0.05) is 91.8 Å². The van der Waals surface area contributed by atoms with E-state index in [1.165, 1.54) is 48.5 Å². The molecule has 0 aliphatic carbocycles. The van der Waals surface area contributed by atoms with Crippen LogP contribution in [0.25, 0.3) is 44.3 Å². The summed E-state index contributed by atoms with van der Waals surface area (Å²) in [7, 11) is 0. The number of aromatic nitrogens is 8. The van der Waals surface area contributed by atoms with Crippen LogP contribution in [-0.2, 0) is 25.4 Å². The summed E-state index contributed by atoms with van der Waals surface area (Å²) in [6.45, 7) is 4.05. The first-order chi connectivity index (χ1) is 37.7. The fraction of sp³-hybridized carbons (Fsp3) is 0.158. The van der Waals surface area contributed by atoms with E-state index in [0.29, 0.717) is 41.8 Å². The van der Waals surface area contributed by atoms with Crippen molar-refractivity contribution in [2.45, 2.75) is 58.8 Å². The van der Waals surface area contributed by atoms with Crippen molar-refractivity contribution in [2.75, 3.05) is 5.32 Å². The average molecular weight is 1120 g/mol. The monoisotopic (exact) mass is 1120 g/mol. The maximum absolute atomic E-state index is 13.4. The number of pyridine rings is 4. The van der Waals surface area contributed by atoms with Crippen LogP contribution in [0.4, 0.5) is 40.9 Å². The van der Waals surface area contributed by atoms with Gasteiger partial charge in [-0.3, -0.25) is 19.8 Å². The molecule has 412 valence electrons. The zero-order chi connectivity index (χ0) is 56.4. The zero-order valence-electron chi connectivity index (χ0n) is 41.6. The molecule has 0 saturated carbocycles. The molecule has 0 aliphatic rings. The van der Waals surface area contributed by atoms with Crippen molar-refractivity contribution in [3.63, 3.8) is 0 Å².